The number of nitrogens with two attached hydrogens (primary N) is 1. The Morgan fingerprint density at radius 2 is 0.842 bits per heavy atom. The van der Waals surface area contributed by atoms with Gasteiger partial charge in [0, 0.05) is 44.8 Å². The van der Waals surface area contributed by atoms with Crippen LogP contribution in [-0.2, 0) is 66.8 Å². The molecule has 120 heavy (non-hydrogen) atoms. The molecule has 10 heterocycles. The third kappa shape index (κ3) is 31.3. The Bertz CT molecular complexity index is 4590. The first-order chi connectivity index (χ1) is 57.6. The Morgan fingerprint density at radius 1 is 0.492 bits per heavy atom. The highest BCUT2D eigenvalue weighted by molar-refractivity contribution is 6.64. The maximum absolute atomic E-state index is 12.3. The lowest BCUT2D eigenvalue weighted by Crippen LogP contribution is -2.60. The molecule has 14 rings (SSSR count). The number of allylic oxidation sites excluding steroid dienone is 1. The number of hydrogen-bond acceptors (Lipinski definition) is 29. The topological polar surface area (TPSA) is 425 Å². The third-order valence-corrected chi connectivity index (χ3v) is 16.7. The molecule has 0 radical (unpaired) electrons. The van der Waals surface area contributed by atoms with Crippen LogP contribution in [0.15, 0.2) is 251 Å². The van der Waals surface area contributed by atoms with E-state index in [0.29, 0.717) is 58.0 Å². The summed E-state index contributed by atoms with van der Waals surface area (Å²) < 4.78 is 74.6. The number of hydrogen-bond donors (Lipinski definition) is 4. The smallest absolute Gasteiger partial charge is 0.303 e. The van der Waals surface area contributed by atoms with E-state index in [2.05, 4.69) is 61.8 Å². The van der Waals surface area contributed by atoms with Crippen molar-refractivity contribution in [3.63, 3.8) is 0 Å². The summed E-state index contributed by atoms with van der Waals surface area (Å²) >= 11 is 4.81. The summed E-state index contributed by atoms with van der Waals surface area (Å²) in [5.74, 6) is 4.11. The number of aliphatic hydroxyl groups is 1. The fourth-order valence-electron chi connectivity index (χ4n) is 10.4. The number of carbonyl (C=O) groups excluding carboxylic acids is 10. The van der Waals surface area contributed by atoms with E-state index >= 15 is 0 Å². The number of halogens is 1. The minimum absolute atomic E-state index is 0.276. The van der Waals surface area contributed by atoms with E-state index in [0.717, 1.165) is 34.4 Å². The van der Waals surface area contributed by atoms with Gasteiger partial charge in [0.2, 0.25) is 18.3 Å². The standard InChI is InChI=1S/2C16H15NO5.C12H11NO2.C9H9NO4.C7H7NO3.C7H9NO.C6H15N.C5H4O2.C4H5ClO3.C4H8O/c2*1-10(18)22-15-14(13-4-3-9-21-13)17(16(15)19)11-5-7-12(20-2)8-6-11;1-14-11-6-4-10(5-7-11)13-9-12-3-2-8-15-12;1-5(11)14-8-7(10-9(8)12)6-3-2-4-13-6;9-6-5(8-7(6)10)4-2-1-3-11-4;1-9-7-4-2-6(8)3-5-7;1-4-7(5-2)6-3;6-4-5-2-1-3-7-5;1-3(6)8-2-4(5)7;1-4(2)5-3/h2*3-9,14-15H,1-2H3;2-9H,1H3;2-4,7-8H,1H3,(H,10,12);1-3,5-6,9H,(H,8,10);2-5H,8H2,1H3;4-6H2,1-3H3;1-4H;2H2,1H3;1H2,2-3H3/t2*14-,15+;;7-,8+;5-,6+;;;;;/m00.00...../s1. The van der Waals surface area contributed by atoms with Gasteiger partial charge in [-0.3, -0.25) is 62.7 Å². The molecule has 4 saturated heterocycles. The summed E-state index contributed by atoms with van der Waals surface area (Å²) in [5.41, 5.74) is 8.43. The van der Waals surface area contributed by atoms with Crippen LogP contribution < -0.4 is 45.1 Å². The van der Waals surface area contributed by atoms with Crippen molar-refractivity contribution >= 4 is 99.6 Å². The van der Waals surface area contributed by atoms with Crippen molar-refractivity contribution in [3.05, 3.63) is 254 Å². The van der Waals surface area contributed by atoms with Gasteiger partial charge in [-0.2, -0.15) is 0 Å². The van der Waals surface area contributed by atoms with Gasteiger partial charge >= 0.3 is 23.9 Å². The molecule has 0 bridgehead atoms. The number of rotatable bonds is 22. The van der Waals surface area contributed by atoms with E-state index < -0.39 is 65.6 Å². The maximum atomic E-state index is 12.3. The largest absolute Gasteiger partial charge is 0.502 e. The molecule has 8 atom stereocenters. The summed E-state index contributed by atoms with van der Waals surface area (Å²) in [5, 5.41) is 13.5. The Hall–Kier alpha value is -13.9. The maximum Gasteiger partial charge on any atom is 0.303 e. The van der Waals surface area contributed by atoms with Gasteiger partial charge in [0.1, 0.15) is 76.0 Å². The number of amides is 4. The van der Waals surface area contributed by atoms with Crippen LogP contribution >= 0.6 is 11.6 Å². The lowest BCUT2D eigenvalue weighted by Gasteiger charge is -2.44. The zero-order valence-corrected chi connectivity index (χ0v) is 69.1. The second-order valence-electron chi connectivity index (χ2n) is 24.8. The first-order valence-electron chi connectivity index (χ1n) is 36.8. The molecule has 4 aliphatic rings. The molecule has 33 nitrogen and oxygen atoms in total. The van der Waals surface area contributed by atoms with Crippen LogP contribution in [0.25, 0.3) is 0 Å². The average molecular weight is 1680 g/mol. The monoisotopic (exact) mass is 1680 g/mol. The van der Waals surface area contributed by atoms with Gasteiger partial charge in [0.25, 0.3) is 28.9 Å². The van der Waals surface area contributed by atoms with Gasteiger partial charge in [-0.1, -0.05) is 27.4 Å². The van der Waals surface area contributed by atoms with Crippen LogP contribution in [0.5, 0.6) is 23.0 Å². The van der Waals surface area contributed by atoms with E-state index in [1.165, 1.54) is 78.6 Å². The number of ether oxygens (including phenoxy) is 9. The fourth-order valence-corrected chi connectivity index (χ4v) is 10.5. The number of anilines is 3. The molecule has 34 heteroatoms. The van der Waals surface area contributed by atoms with Gasteiger partial charge in [-0.25, -0.2) is 0 Å². The fraction of sp³-hybridized carbons (Fsp3) is 0.291. The third-order valence-electron chi connectivity index (χ3n) is 16.6. The van der Waals surface area contributed by atoms with Gasteiger partial charge < -0.3 is 95.5 Å². The summed E-state index contributed by atoms with van der Waals surface area (Å²) in [6.45, 7) is 20.1. The van der Waals surface area contributed by atoms with Crippen LogP contribution in [0.2, 0.25) is 0 Å². The molecular formula is C86H98ClN7O26. The van der Waals surface area contributed by atoms with Gasteiger partial charge in [0.05, 0.1) is 90.8 Å². The molecule has 4 aliphatic heterocycles. The molecule has 6 aromatic heterocycles. The molecule has 0 unspecified atom stereocenters. The molecule has 5 N–H and O–H groups in total. The van der Waals surface area contributed by atoms with Crippen molar-refractivity contribution in [2.24, 2.45) is 4.99 Å². The second-order valence-corrected chi connectivity index (χ2v) is 25.2. The molecule has 4 amide bonds. The number of benzene rings is 4. The molecule has 4 aromatic carbocycles. The lowest BCUT2D eigenvalue weighted by atomic mass is 9.94. The van der Waals surface area contributed by atoms with E-state index in [9.17, 15) is 47.9 Å². The summed E-state index contributed by atoms with van der Waals surface area (Å²) in [6, 6.07) is 48.1. The Kier molecular flexibility index (Phi) is 41.3. The quantitative estimate of drug-likeness (QED) is 0.00715. The number of nitrogens with one attached hydrogen (secondary N) is 2. The number of nitrogens with zero attached hydrogens (tertiary/aromatic N) is 4. The van der Waals surface area contributed by atoms with Gasteiger partial charge in [-0.05, 0) is 208 Å². The van der Waals surface area contributed by atoms with Crippen molar-refractivity contribution in [2.75, 3.05) is 77.3 Å². The van der Waals surface area contributed by atoms with E-state index in [4.69, 9.17) is 77.7 Å². The molecular weight excluding hydrogens is 1580 g/mol. The number of β-lactam (4-membered cyclic amide) rings is 4. The average Bonchev–Trinajstić information content (AvgIpc) is 0.937. The van der Waals surface area contributed by atoms with E-state index in [-0.39, 0.29) is 42.3 Å². The van der Waals surface area contributed by atoms with E-state index in [1.807, 2.05) is 48.5 Å². The first kappa shape index (κ1) is 96.7. The van der Waals surface area contributed by atoms with Crippen molar-refractivity contribution in [3.8, 4) is 23.0 Å². The minimum Gasteiger partial charge on any atom is -0.502 e. The van der Waals surface area contributed by atoms with Crippen LogP contribution in [0.4, 0.5) is 22.7 Å². The Labute approximate surface area is 697 Å². The van der Waals surface area contributed by atoms with Crippen molar-refractivity contribution in [2.45, 2.75) is 104 Å². The molecule has 0 spiro atoms. The van der Waals surface area contributed by atoms with Crippen LogP contribution in [0.1, 0.15) is 119 Å². The van der Waals surface area contributed by atoms with Crippen LogP contribution in [0.3, 0.4) is 0 Å². The lowest BCUT2D eigenvalue weighted by molar-refractivity contribution is -0.165. The van der Waals surface area contributed by atoms with Gasteiger partial charge in [-0.15, -0.1) is 0 Å². The molecule has 0 aliphatic carbocycles. The Morgan fingerprint density at radius 3 is 1.12 bits per heavy atom. The summed E-state index contributed by atoms with van der Waals surface area (Å²) in [4.78, 5) is 119. The normalized spacial score (nSPS) is 17.1. The molecule has 10 aromatic rings. The highest BCUT2D eigenvalue weighted by atomic mass is 35.5. The highest BCUT2D eigenvalue weighted by Crippen LogP contribution is 2.43. The predicted octanol–water partition coefficient (Wildman–Crippen LogP) is 13.0. The molecule has 0 saturated carbocycles. The molecule has 640 valence electrons. The zero-order valence-electron chi connectivity index (χ0n) is 68.3. The number of furan rings is 6. The van der Waals surface area contributed by atoms with Crippen molar-refractivity contribution in [1.82, 2.24) is 15.5 Å². The Balaban J connectivity index is 0.000000245. The number of nitrogen functional groups attached to an aromatic ring is 1. The number of esters is 4. The van der Waals surface area contributed by atoms with Crippen LogP contribution in [0, 0.1) is 0 Å². The number of methoxy groups -OCH3 is 5. The number of aliphatic imine (C=N–C) groups is 1. The van der Waals surface area contributed by atoms with Crippen molar-refractivity contribution < 1.29 is 122 Å². The number of aldehydes is 1. The summed E-state index contributed by atoms with van der Waals surface area (Å²) in [6.07, 6.45) is 8.08. The number of carbonyl (C=O) groups is 10. The van der Waals surface area contributed by atoms with Gasteiger partial charge in [0.15, 0.2) is 24.8 Å². The SMILES string of the molecule is C=C(C)OC.CC(=O)OCC(=O)Cl.CC(=O)O[C@H]1C(=O)N[C@H]1c1ccco1.CCN(CC)CC.COc1ccc(N)cc1.COc1ccc(N2C(=O)[C@H](OC(C)=O)[C@@H]2c2ccco2)cc1.COc1ccc(N2C(=O)[C@H](OC(C)=O)[C@@H]2c2ccco2)cc1.COc1ccc(N=Cc2ccco2)cc1.O=C1N[C@@H](c2ccco2)[C@H]1O.O=Cc1ccco1. The summed E-state index contributed by atoms with van der Waals surface area (Å²) in [7, 11) is 8.02. The molecule has 4 fully saturated rings. The van der Waals surface area contributed by atoms with E-state index in [1.54, 1.807) is 186 Å². The zero-order chi connectivity index (χ0) is 88.2. The first-order valence-corrected chi connectivity index (χ1v) is 37.2. The van der Waals surface area contributed by atoms with Crippen molar-refractivity contribution in [1.29, 1.82) is 0 Å². The number of aliphatic hydroxyl groups excluding tert-OH is 1. The second kappa shape index (κ2) is 51.2. The predicted molar refractivity (Wildman–Crippen MR) is 439 cm³/mol. The van der Waals surface area contributed by atoms with Crippen LogP contribution in [-0.4, -0.2) is 161 Å². The highest BCUT2D eigenvalue weighted by Gasteiger charge is 2.54. The minimum atomic E-state index is -0.943.